The molecule has 182 valence electrons. The Balaban J connectivity index is 1.39. The van der Waals surface area contributed by atoms with E-state index in [9.17, 15) is 14.0 Å². The summed E-state index contributed by atoms with van der Waals surface area (Å²) < 4.78 is 19.5. The standard InChI is InChI=1S/C25H42FN3O3/c1-16(2)25(8-6-17(11-25)27-21-7-9-32-15-20(21)26)23(31)29-14-18-10-19(29)13-28(18)22(30)12-24(3,4)5/h16-21,27H,6-15H2,1-5H3/t17-,18+,19+,20?,21?,25+/m1/s1. The van der Waals surface area contributed by atoms with Crippen LogP contribution in [-0.4, -0.2) is 78.3 Å². The number of carbonyl (C=O) groups is 2. The van der Waals surface area contributed by atoms with E-state index in [4.69, 9.17) is 4.74 Å². The van der Waals surface area contributed by atoms with Gasteiger partial charge in [0.2, 0.25) is 11.8 Å². The molecule has 6 nitrogen and oxygen atoms in total. The summed E-state index contributed by atoms with van der Waals surface area (Å²) in [6.07, 6.45) is 3.70. The van der Waals surface area contributed by atoms with Crippen molar-refractivity contribution in [3.8, 4) is 0 Å². The van der Waals surface area contributed by atoms with Crippen LogP contribution in [0.1, 0.15) is 73.1 Å². The molecule has 1 aliphatic carbocycles. The van der Waals surface area contributed by atoms with Gasteiger partial charge in [0.1, 0.15) is 6.17 Å². The molecule has 1 saturated carbocycles. The Kier molecular flexibility index (Phi) is 6.63. The van der Waals surface area contributed by atoms with Gasteiger partial charge < -0.3 is 19.9 Å². The van der Waals surface area contributed by atoms with Gasteiger partial charge in [0.05, 0.1) is 24.1 Å². The lowest BCUT2D eigenvalue weighted by Crippen LogP contribution is -2.55. The zero-order valence-corrected chi connectivity index (χ0v) is 20.5. The van der Waals surface area contributed by atoms with Gasteiger partial charge in [0.15, 0.2) is 0 Å². The van der Waals surface area contributed by atoms with Crippen LogP contribution < -0.4 is 5.32 Å². The van der Waals surface area contributed by atoms with Crippen LogP contribution in [-0.2, 0) is 14.3 Å². The highest BCUT2D eigenvalue weighted by Gasteiger charge is 2.55. The van der Waals surface area contributed by atoms with Crippen molar-refractivity contribution in [1.82, 2.24) is 15.1 Å². The molecular weight excluding hydrogens is 409 g/mol. The van der Waals surface area contributed by atoms with Gasteiger partial charge >= 0.3 is 0 Å². The lowest BCUT2D eigenvalue weighted by atomic mass is 9.74. The highest BCUT2D eigenvalue weighted by molar-refractivity contribution is 5.85. The van der Waals surface area contributed by atoms with Gasteiger partial charge in [-0.2, -0.15) is 0 Å². The third-order valence-electron chi connectivity index (χ3n) is 8.32. The third-order valence-corrected chi connectivity index (χ3v) is 8.32. The quantitative estimate of drug-likeness (QED) is 0.698. The Morgan fingerprint density at radius 3 is 2.44 bits per heavy atom. The van der Waals surface area contributed by atoms with E-state index >= 15 is 0 Å². The summed E-state index contributed by atoms with van der Waals surface area (Å²) in [4.78, 5) is 30.8. The monoisotopic (exact) mass is 451 g/mol. The third kappa shape index (κ3) is 4.56. The lowest BCUT2D eigenvalue weighted by molar-refractivity contribution is -0.150. The van der Waals surface area contributed by atoms with Crippen molar-refractivity contribution >= 4 is 11.8 Å². The number of hydrogen-bond acceptors (Lipinski definition) is 4. The van der Waals surface area contributed by atoms with Crippen molar-refractivity contribution in [1.29, 1.82) is 0 Å². The number of carbonyl (C=O) groups excluding carboxylic acids is 2. The fourth-order valence-corrected chi connectivity index (χ4v) is 6.44. The molecular formula is C25H42FN3O3. The van der Waals surface area contributed by atoms with E-state index < -0.39 is 6.17 Å². The maximum absolute atomic E-state index is 14.3. The number of alkyl halides is 1. The van der Waals surface area contributed by atoms with Gasteiger partial charge in [0, 0.05) is 38.2 Å². The fourth-order valence-electron chi connectivity index (χ4n) is 6.44. The van der Waals surface area contributed by atoms with Crippen LogP contribution in [0.4, 0.5) is 4.39 Å². The minimum atomic E-state index is -0.973. The van der Waals surface area contributed by atoms with E-state index in [1.807, 2.05) is 4.90 Å². The summed E-state index contributed by atoms with van der Waals surface area (Å²) in [5.74, 6) is 0.712. The molecule has 2 unspecified atom stereocenters. The minimum Gasteiger partial charge on any atom is -0.378 e. The minimum absolute atomic E-state index is 0.0228. The predicted molar refractivity (Wildman–Crippen MR) is 122 cm³/mol. The summed E-state index contributed by atoms with van der Waals surface area (Å²) in [5, 5.41) is 3.52. The van der Waals surface area contributed by atoms with E-state index in [0.29, 0.717) is 32.5 Å². The molecule has 7 heteroatoms. The van der Waals surface area contributed by atoms with Gasteiger partial charge in [-0.05, 0) is 43.4 Å². The van der Waals surface area contributed by atoms with Crippen molar-refractivity contribution in [3.05, 3.63) is 0 Å². The molecule has 2 amide bonds. The molecule has 2 bridgehead atoms. The van der Waals surface area contributed by atoms with Gasteiger partial charge in [-0.15, -0.1) is 0 Å². The molecule has 4 fully saturated rings. The van der Waals surface area contributed by atoms with Gasteiger partial charge in [-0.3, -0.25) is 9.59 Å². The van der Waals surface area contributed by atoms with E-state index in [1.165, 1.54) is 0 Å². The number of piperazine rings is 1. The Morgan fingerprint density at radius 1 is 1.16 bits per heavy atom. The van der Waals surface area contributed by atoms with E-state index in [1.54, 1.807) is 0 Å². The number of nitrogens with one attached hydrogen (secondary N) is 1. The van der Waals surface area contributed by atoms with Crippen molar-refractivity contribution in [2.45, 2.75) is 103 Å². The Bertz CT molecular complexity index is 724. The highest BCUT2D eigenvalue weighted by Crippen LogP contribution is 2.48. The zero-order valence-electron chi connectivity index (χ0n) is 20.5. The fraction of sp³-hybridized carbons (Fsp3) is 0.920. The molecule has 3 aliphatic heterocycles. The largest absolute Gasteiger partial charge is 0.378 e. The first-order valence-electron chi connectivity index (χ1n) is 12.6. The second-order valence-corrected chi connectivity index (χ2v) is 12.2. The van der Waals surface area contributed by atoms with E-state index in [0.717, 1.165) is 25.7 Å². The second-order valence-electron chi connectivity index (χ2n) is 12.2. The Labute approximate surface area is 192 Å². The van der Waals surface area contributed by atoms with Crippen LogP contribution >= 0.6 is 0 Å². The van der Waals surface area contributed by atoms with Crippen molar-refractivity contribution < 1.29 is 18.7 Å². The Hall–Kier alpha value is -1.21. The van der Waals surface area contributed by atoms with Crippen LogP contribution in [0.5, 0.6) is 0 Å². The normalized spacial score (nSPS) is 37.5. The lowest BCUT2D eigenvalue weighted by Gasteiger charge is -2.42. The molecule has 6 atom stereocenters. The average Bonchev–Trinajstić information content (AvgIpc) is 3.42. The summed E-state index contributed by atoms with van der Waals surface area (Å²) in [6.45, 7) is 12.7. The SMILES string of the molecule is CC(C)[C@]1(C(=O)N2C[C@@H]3C[C@H]2CN3C(=O)CC(C)(C)C)CC[C@@H](NC2CCOCC2F)C1. The van der Waals surface area contributed by atoms with Crippen molar-refractivity contribution in [3.63, 3.8) is 0 Å². The summed E-state index contributed by atoms with van der Waals surface area (Å²) in [5.41, 5.74) is -0.412. The molecule has 0 radical (unpaired) electrons. The summed E-state index contributed by atoms with van der Waals surface area (Å²) in [7, 11) is 0. The molecule has 3 heterocycles. The Morgan fingerprint density at radius 2 is 1.84 bits per heavy atom. The summed E-state index contributed by atoms with van der Waals surface area (Å²) >= 11 is 0. The molecule has 3 saturated heterocycles. The van der Waals surface area contributed by atoms with Gasteiger partial charge in [0.25, 0.3) is 0 Å². The number of amides is 2. The first-order valence-corrected chi connectivity index (χ1v) is 12.6. The summed E-state index contributed by atoms with van der Waals surface area (Å²) in [6, 6.07) is 0.307. The first-order chi connectivity index (χ1) is 15.0. The zero-order chi connectivity index (χ0) is 23.3. The van der Waals surface area contributed by atoms with Crippen molar-refractivity contribution in [2.75, 3.05) is 26.3 Å². The smallest absolute Gasteiger partial charge is 0.229 e. The number of ether oxygens (including phenoxy) is 1. The van der Waals surface area contributed by atoms with E-state index in [-0.39, 0.29) is 59.3 Å². The topological polar surface area (TPSA) is 61.9 Å². The van der Waals surface area contributed by atoms with Gasteiger partial charge in [-0.1, -0.05) is 34.6 Å². The molecule has 0 aromatic rings. The molecule has 4 rings (SSSR count). The maximum atomic E-state index is 14.3. The molecule has 1 N–H and O–H groups in total. The molecule has 32 heavy (non-hydrogen) atoms. The van der Waals surface area contributed by atoms with Crippen LogP contribution in [0.3, 0.4) is 0 Å². The molecule has 0 aromatic heterocycles. The van der Waals surface area contributed by atoms with Crippen LogP contribution in [0, 0.1) is 16.7 Å². The number of hydrogen-bond donors (Lipinski definition) is 1. The second kappa shape index (κ2) is 8.86. The van der Waals surface area contributed by atoms with Crippen LogP contribution in [0.25, 0.3) is 0 Å². The molecule has 0 spiro atoms. The van der Waals surface area contributed by atoms with Gasteiger partial charge in [-0.25, -0.2) is 4.39 Å². The average molecular weight is 452 g/mol. The predicted octanol–water partition coefficient (Wildman–Crippen LogP) is 3.15. The first kappa shape index (κ1) is 23.9. The van der Waals surface area contributed by atoms with Crippen LogP contribution in [0.2, 0.25) is 0 Å². The number of nitrogens with zero attached hydrogens (tertiary/aromatic N) is 2. The van der Waals surface area contributed by atoms with Crippen molar-refractivity contribution in [2.24, 2.45) is 16.7 Å². The highest BCUT2D eigenvalue weighted by atomic mass is 19.1. The number of likely N-dealkylation sites (tertiary alicyclic amines) is 2. The number of rotatable bonds is 5. The molecule has 4 aliphatic rings. The number of halogens is 1. The van der Waals surface area contributed by atoms with Crippen LogP contribution in [0.15, 0.2) is 0 Å². The van der Waals surface area contributed by atoms with E-state index in [2.05, 4.69) is 44.8 Å². The number of fused-ring (bicyclic) bond motifs is 2. The molecule has 0 aromatic carbocycles. The maximum Gasteiger partial charge on any atom is 0.229 e.